The molecular formula is C11H12N4O2. The highest BCUT2D eigenvalue weighted by Gasteiger charge is 2.02. The Bertz CT molecular complexity index is 547. The number of hydrogen-bond donors (Lipinski definition) is 1. The Morgan fingerprint density at radius 2 is 2.35 bits per heavy atom. The van der Waals surface area contributed by atoms with Gasteiger partial charge in [-0.2, -0.15) is 0 Å². The van der Waals surface area contributed by atoms with E-state index in [2.05, 4.69) is 19.9 Å². The molecule has 2 rings (SSSR count). The van der Waals surface area contributed by atoms with E-state index in [4.69, 9.17) is 4.74 Å². The molecule has 6 heteroatoms. The molecule has 2 aromatic heterocycles. The lowest BCUT2D eigenvalue weighted by molar-refractivity contribution is -0.142. The van der Waals surface area contributed by atoms with E-state index in [-0.39, 0.29) is 12.4 Å². The number of imidazole rings is 1. The first-order chi connectivity index (χ1) is 8.31. The number of esters is 1. The van der Waals surface area contributed by atoms with Crippen LogP contribution in [-0.2, 0) is 9.53 Å². The number of nitrogens with zero attached hydrogens (tertiary/aromatic N) is 3. The van der Waals surface area contributed by atoms with Gasteiger partial charge >= 0.3 is 5.97 Å². The first-order valence-electron chi connectivity index (χ1n) is 5.27. The van der Waals surface area contributed by atoms with Gasteiger partial charge in [0.2, 0.25) is 0 Å². The van der Waals surface area contributed by atoms with Crippen LogP contribution in [0.4, 0.5) is 0 Å². The number of aromatic nitrogens is 4. The maximum atomic E-state index is 11.1. The lowest BCUT2D eigenvalue weighted by atomic mass is 10.3. The second-order valence-corrected chi connectivity index (χ2v) is 3.27. The molecule has 0 spiro atoms. The summed E-state index contributed by atoms with van der Waals surface area (Å²) in [7, 11) is 0. The molecule has 17 heavy (non-hydrogen) atoms. The quantitative estimate of drug-likeness (QED) is 0.804. The lowest BCUT2D eigenvalue weighted by Gasteiger charge is -1.97. The Balaban J connectivity index is 2.10. The summed E-state index contributed by atoms with van der Waals surface area (Å²) < 4.78 is 4.81. The van der Waals surface area contributed by atoms with Crippen molar-refractivity contribution in [1.29, 1.82) is 0 Å². The summed E-state index contributed by atoms with van der Waals surface area (Å²) in [5.74, 6) is -0.251. The molecule has 0 radical (unpaired) electrons. The fourth-order valence-corrected chi connectivity index (χ4v) is 1.40. The van der Waals surface area contributed by atoms with E-state index in [0.29, 0.717) is 17.9 Å². The average Bonchev–Trinajstić information content (AvgIpc) is 2.78. The number of H-pyrrole nitrogens is 1. The van der Waals surface area contributed by atoms with Gasteiger partial charge in [0.1, 0.15) is 11.8 Å². The van der Waals surface area contributed by atoms with Crippen LogP contribution in [0.15, 0.2) is 18.7 Å². The Hall–Kier alpha value is -2.24. The van der Waals surface area contributed by atoms with Gasteiger partial charge in [0, 0.05) is 0 Å². The van der Waals surface area contributed by atoms with Gasteiger partial charge in [-0.25, -0.2) is 15.0 Å². The maximum absolute atomic E-state index is 11.1. The molecule has 88 valence electrons. The van der Waals surface area contributed by atoms with Gasteiger partial charge in [0.05, 0.1) is 25.0 Å². The topological polar surface area (TPSA) is 80.8 Å². The summed E-state index contributed by atoms with van der Waals surface area (Å²) in [6.07, 6.45) is 6.68. The molecule has 0 unspecified atom stereocenters. The normalized spacial score (nSPS) is 11.1. The van der Waals surface area contributed by atoms with Crippen molar-refractivity contribution in [2.24, 2.45) is 0 Å². The molecule has 0 aliphatic heterocycles. The molecular weight excluding hydrogens is 220 g/mol. The standard InChI is InChI=1S/C11H12N4O2/c1-2-17-9(16)5-3-4-8-10-11(14-6-12-8)15-7-13-10/h3-4,6-7H,2,5H2,1H3,(H,12,13,14,15). The zero-order valence-electron chi connectivity index (χ0n) is 9.38. The molecule has 0 saturated carbocycles. The highest BCUT2D eigenvalue weighted by atomic mass is 16.5. The van der Waals surface area contributed by atoms with E-state index in [9.17, 15) is 4.79 Å². The summed E-state index contributed by atoms with van der Waals surface area (Å²) in [4.78, 5) is 26.2. The summed E-state index contributed by atoms with van der Waals surface area (Å²) in [5, 5.41) is 0. The number of fused-ring (bicyclic) bond motifs is 1. The van der Waals surface area contributed by atoms with Crippen LogP contribution in [0.25, 0.3) is 17.2 Å². The summed E-state index contributed by atoms with van der Waals surface area (Å²) in [6.45, 7) is 2.17. The highest BCUT2D eigenvalue weighted by Crippen LogP contribution is 2.10. The van der Waals surface area contributed by atoms with Crippen LogP contribution in [0.2, 0.25) is 0 Å². The van der Waals surface area contributed by atoms with Gasteiger partial charge in [0.25, 0.3) is 0 Å². The third-order valence-electron chi connectivity index (χ3n) is 2.12. The first kappa shape index (κ1) is 11.3. The van der Waals surface area contributed by atoms with Gasteiger partial charge in [0.15, 0.2) is 5.65 Å². The number of rotatable bonds is 4. The van der Waals surface area contributed by atoms with E-state index < -0.39 is 0 Å². The van der Waals surface area contributed by atoms with Crippen molar-refractivity contribution in [3.8, 4) is 0 Å². The first-order valence-corrected chi connectivity index (χ1v) is 5.27. The van der Waals surface area contributed by atoms with E-state index in [1.807, 2.05) is 0 Å². The third-order valence-corrected chi connectivity index (χ3v) is 2.12. The van der Waals surface area contributed by atoms with Crippen LogP contribution in [0, 0.1) is 0 Å². The molecule has 0 aromatic carbocycles. The number of ether oxygens (including phenoxy) is 1. The van der Waals surface area contributed by atoms with Crippen molar-refractivity contribution in [2.75, 3.05) is 6.61 Å². The fourth-order valence-electron chi connectivity index (χ4n) is 1.40. The van der Waals surface area contributed by atoms with E-state index in [1.165, 1.54) is 6.33 Å². The minimum absolute atomic E-state index is 0.230. The Kier molecular flexibility index (Phi) is 3.44. The Morgan fingerprint density at radius 3 is 3.18 bits per heavy atom. The smallest absolute Gasteiger partial charge is 0.309 e. The predicted molar refractivity (Wildman–Crippen MR) is 62.0 cm³/mol. The predicted octanol–water partition coefficient (Wildman–Crippen LogP) is 1.32. The number of carbonyl (C=O) groups excluding carboxylic acids is 1. The highest BCUT2D eigenvalue weighted by molar-refractivity contribution is 5.80. The molecule has 0 aliphatic rings. The summed E-state index contributed by atoms with van der Waals surface area (Å²) in [5.41, 5.74) is 2.07. The van der Waals surface area contributed by atoms with Gasteiger partial charge in [-0.05, 0) is 13.0 Å². The monoisotopic (exact) mass is 232 g/mol. The molecule has 6 nitrogen and oxygen atoms in total. The second-order valence-electron chi connectivity index (χ2n) is 3.27. The van der Waals surface area contributed by atoms with Crippen LogP contribution >= 0.6 is 0 Å². The number of hydrogen-bond acceptors (Lipinski definition) is 5. The Morgan fingerprint density at radius 1 is 1.47 bits per heavy atom. The van der Waals surface area contributed by atoms with Gasteiger partial charge in [-0.3, -0.25) is 4.79 Å². The fraction of sp³-hybridized carbons (Fsp3) is 0.273. The molecule has 2 heterocycles. The minimum atomic E-state index is -0.251. The molecule has 1 N–H and O–H groups in total. The molecule has 2 aromatic rings. The largest absolute Gasteiger partial charge is 0.466 e. The van der Waals surface area contributed by atoms with Gasteiger partial charge in [-0.1, -0.05) is 6.08 Å². The van der Waals surface area contributed by atoms with E-state index >= 15 is 0 Å². The number of nitrogens with one attached hydrogen (secondary N) is 1. The molecule has 0 saturated heterocycles. The van der Waals surface area contributed by atoms with E-state index in [0.717, 1.165) is 5.52 Å². The van der Waals surface area contributed by atoms with Crippen molar-refractivity contribution in [3.05, 3.63) is 24.4 Å². The van der Waals surface area contributed by atoms with Crippen molar-refractivity contribution < 1.29 is 9.53 Å². The summed E-state index contributed by atoms with van der Waals surface area (Å²) >= 11 is 0. The lowest BCUT2D eigenvalue weighted by Crippen LogP contribution is -2.01. The molecule has 0 atom stereocenters. The molecule has 0 bridgehead atoms. The van der Waals surface area contributed by atoms with Crippen LogP contribution in [0.3, 0.4) is 0 Å². The third kappa shape index (κ3) is 2.66. The van der Waals surface area contributed by atoms with Crippen molar-refractivity contribution >= 4 is 23.2 Å². The average molecular weight is 232 g/mol. The van der Waals surface area contributed by atoms with E-state index in [1.54, 1.807) is 25.4 Å². The molecule has 0 aliphatic carbocycles. The number of aromatic amines is 1. The van der Waals surface area contributed by atoms with Crippen LogP contribution < -0.4 is 0 Å². The molecule has 0 fully saturated rings. The zero-order chi connectivity index (χ0) is 12.1. The summed E-state index contributed by atoms with van der Waals surface area (Å²) in [6, 6.07) is 0. The van der Waals surface area contributed by atoms with Crippen LogP contribution in [0.5, 0.6) is 0 Å². The van der Waals surface area contributed by atoms with Crippen molar-refractivity contribution in [1.82, 2.24) is 19.9 Å². The zero-order valence-corrected chi connectivity index (χ0v) is 9.38. The Labute approximate surface area is 97.8 Å². The minimum Gasteiger partial charge on any atom is -0.466 e. The van der Waals surface area contributed by atoms with Crippen LogP contribution in [0.1, 0.15) is 19.0 Å². The van der Waals surface area contributed by atoms with Crippen molar-refractivity contribution in [2.45, 2.75) is 13.3 Å². The molecule has 0 amide bonds. The van der Waals surface area contributed by atoms with Crippen molar-refractivity contribution in [3.63, 3.8) is 0 Å². The number of carbonyl (C=O) groups is 1. The second kappa shape index (κ2) is 5.20. The van der Waals surface area contributed by atoms with Crippen LogP contribution in [-0.4, -0.2) is 32.5 Å². The van der Waals surface area contributed by atoms with Gasteiger partial charge in [-0.15, -0.1) is 0 Å². The maximum Gasteiger partial charge on any atom is 0.309 e. The SMILES string of the molecule is CCOC(=O)CC=Cc1ncnc2nc[nH]c12. The van der Waals surface area contributed by atoms with Gasteiger partial charge < -0.3 is 9.72 Å².